The number of amides is 6. The molecule has 52 heavy (non-hydrogen) atoms. The summed E-state index contributed by atoms with van der Waals surface area (Å²) in [7, 11) is 0. The van der Waals surface area contributed by atoms with Gasteiger partial charge >= 0.3 is 23.9 Å². The molecule has 1 aromatic carbocycles. The third kappa shape index (κ3) is 16.6. The standard InChI is InChI=1S/C29H37N7O16/c30-20(37)12-18(28(47)48)34-21(38)3-1-7-31-25(43)14-9-15(11-16(10-14)36(51)52)26(44)32-8-2-4-22(39)35-19(29(49)50)13-23(40)33-17(27(45)46)5-6-24(41)42/h9-11,17-19H,1-8,12-13H2,(H2,30,37)(H,31,43)(H,32,44)(H,33,40)(H,34,38)(H,35,39)(H,41,42)(H,45,46)(H,47,48)(H,49,50)/t17-,18+,19+/m0/s1. The van der Waals surface area contributed by atoms with Crippen molar-refractivity contribution in [3.8, 4) is 0 Å². The van der Waals surface area contributed by atoms with Gasteiger partial charge in [0.05, 0.1) is 17.8 Å². The minimum absolute atomic E-state index is 0.00345. The van der Waals surface area contributed by atoms with Crippen LogP contribution in [-0.2, 0) is 38.4 Å². The van der Waals surface area contributed by atoms with Crippen molar-refractivity contribution < 1.29 is 73.3 Å². The van der Waals surface area contributed by atoms with Gasteiger partial charge < -0.3 is 52.7 Å². The molecule has 0 radical (unpaired) electrons. The number of rotatable bonds is 24. The molecule has 11 N–H and O–H groups in total. The topological polar surface area (TPSA) is 381 Å². The van der Waals surface area contributed by atoms with E-state index in [2.05, 4.69) is 21.3 Å². The molecule has 1 aromatic rings. The number of aliphatic carboxylic acids is 4. The summed E-state index contributed by atoms with van der Waals surface area (Å²) in [5, 5.41) is 58.6. The fraction of sp³-hybridized carbons (Fsp3) is 0.448. The first-order valence-corrected chi connectivity index (χ1v) is 15.2. The molecular formula is C29H37N7O16. The van der Waals surface area contributed by atoms with Crippen LogP contribution in [0.25, 0.3) is 0 Å². The molecule has 0 aliphatic heterocycles. The van der Waals surface area contributed by atoms with Crippen LogP contribution in [0.1, 0.15) is 72.1 Å². The van der Waals surface area contributed by atoms with Crippen LogP contribution in [0.5, 0.6) is 0 Å². The molecule has 284 valence electrons. The van der Waals surface area contributed by atoms with Crippen molar-refractivity contribution in [1.82, 2.24) is 26.6 Å². The molecule has 0 saturated carbocycles. The summed E-state index contributed by atoms with van der Waals surface area (Å²) < 4.78 is 0. The first-order valence-electron chi connectivity index (χ1n) is 15.2. The van der Waals surface area contributed by atoms with Crippen LogP contribution in [0.3, 0.4) is 0 Å². The van der Waals surface area contributed by atoms with Crippen molar-refractivity contribution in [3.05, 3.63) is 39.4 Å². The maximum absolute atomic E-state index is 12.7. The number of carboxylic acids is 4. The molecule has 6 amide bonds. The molecule has 0 aromatic heterocycles. The van der Waals surface area contributed by atoms with Crippen LogP contribution >= 0.6 is 0 Å². The molecule has 1 rings (SSSR count). The SMILES string of the molecule is NC(=O)C[C@@H](NC(=O)CCCNC(=O)c1cc(C(=O)NCCCC(=O)N[C@H](CC(=O)N[C@@H](CCC(=O)O)C(=O)O)C(=O)O)cc([N+](=O)[O-])c1)C(=O)O. The predicted molar refractivity (Wildman–Crippen MR) is 170 cm³/mol. The van der Waals surface area contributed by atoms with E-state index in [4.69, 9.17) is 21.1 Å². The Hall–Kier alpha value is -6.68. The van der Waals surface area contributed by atoms with Crippen LogP contribution in [0, 0.1) is 10.1 Å². The maximum Gasteiger partial charge on any atom is 0.326 e. The molecule has 0 aliphatic rings. The quantitative estimate of drug-likeness (QED) is 0.0296. The summed E-state index contributed by atoms with van der Waals surface area (Å²) in [6, 6.07) is -2.12. The number of primary amides is 1. The third-order valence-corrected chi connectivity index (χ3v) is 6.73. The van der Waals surface area contributed by atoms with Crippen LogP contribution < -0.4 is 32.3 Å². The second-order valence-electron chi connectivity index (χ2n) is 10.9. The Morgan fingerprint density at radius 3 is 1.44 bits per heavy atom. The highest BCUT2D eigenvalue weighted by atomic mass is 16.6. The van der Waals surface area contributed by atoms with Gasteiger partial charge in [0.15, 0.2) is 0 Å². The van der Waals surface area contributed by atoms with Gasteiger partial charge in [0.1, 0.15) is 18.1 Å². The number of hydrogen-bond donors (Lipinski definition) is 10. The molecule has 0 spiro atoms. The van der Waals surface area contributed by atoms with Crippen molar-refractivity contribution in [1.29, 1.82) is 0 Å². The lowest BCUT2D eigenvalue weighted by Crippen LogP contribution is -2.47. The first kappa shape index (κ1) is 43.3. The van der Waals surface area contributed by atoms with E-state index < -0.39 is 114 Å². The summed E-state index contributed by atoms with van der Waals surface area (Å²) in [4.78, 5) is 128. The Morgan fingerprint density at radius 2 is 1.06 bits per heavy atom. The zero-order valence-corrected chi connectivity index (χ0v) is 27.2. The van der Waals surface area contributed by atoms with Gasteiger partial charge in [0, 0.05) is 55.6 Å². The largest absolute Gasteiger partial charge is 0.481 e. The summed E-state index contributed by atoms with van der Waals surface area (Å²) >= 11 is 0. The predicted octanol–water partition coefficient (Wildman–Crippen LogP) is -2.55. The Bertz CT molecular complexity index is 1580. The Morgan fingerprint density at radius 1 is 0.635 bits per heavy atom. The van der Waals surface area contributed by atoms with Crippen molar-refractivity contribution in [2.75, 3.05) is 13.1 Å². The van der Waals surface area contributed by atoms with Gasteiger partial charge in [-0.15, -0.1) is 0 Å². The van der Waals surface area contributed by atoms with Gasteiger partial charge in [-0.2, -0.15) is 0 Å². The molecule has 0 heterocycles. The smallest absolute Gasteiger partial charge is 0.326 e. The minimum Gasteiger partial charge on any atom is -0.481 e. The molecule has 23 nitrogen and oxygen atoms in total. The molecule has 0 unspecified atom stereocenters. The van der Waals surface area contributed by atoms with Crippen LogP contribution in [0.4, 0.5) is 5.69 Å². The van der Waals surface area contributed by atoms with E-state index in [1.807, 2.05) is 5.32 Å². The molecule has 0 aliphatic carbocycles. The summed E-state index contributed by atoms with van der Waals surface area (Å²) in [6.45, 7) is -0.349. The van der Waals surface area contributed by atoms with Crippen molar-refractivity contribution in [3.63, 3.8) is 0 Å². The van der Waals surface area contributed by atoms with Crippen LogP contribution in [-0.4, -0.2) is 116 Å². The van der Waals surface area contributed by atoms with E-state index in [0.29, 0.717) is 0 Å². The molecule has 3 atom stereocenters. The molecule has 0 fully saturated rings. The number of nitro groups is 1. The fourth-order valence-electron chi connectivity index (χ4n) is 4.18. The third-order valence-electron chi connectivity index (χ3n) is 6.73. The lowest BCUT2D eigenvalue weighted by molar-refractivity contribution is -0.384. The van der Waals surface area contributed by atoms with E-state index in [0.717, 1.165) is 18.2 Å². The van der Waals surface area contributed by atoms with E-state index in [1.54, 1.807) is 0 Å². The first-order chi connectivity index (χ1) is 24.3. The number of nitro benzene ring substituents is 1. The van der Waals surface area contributed by atoms with Crippen molar-refractivity contribution in [2.45, 2.75) is 69.5 Å². The minimum atomic E-state index is -1.78. The number of nitrogens with one attached hydrogen (secondary N) is 5. The van der Waals surface area contributed by atoms with Crippen LogP contribution in [0.2, 0.25) is 0 Å². The number of benzene rings is 1. The second-order valence-corrected chi connectivity index (χ2v) is 10.9. The number of nitrogens with two attached hydrogens (primary N) is 1. The van der Waals surface area contributed by atoms with E-state index in [-0.39, 0.29) is 49.9 Å². The van der Waals surface area contributed by atoms with E-state index >= 15 is 0 Å². The zero-order valence-electron chi connectivity index (χ0n) is 27.2. The number of carbonyl (C=O) groups excluding carboxylic acids is 6. The summed E-state index contributed by atoms with van der Waals surface area (Å²) in [5.41, 5.74) is 3.72. The number of hydrogen-bond acceptors (Lipinski definition) is 12. The highest BCUT2D eigenvalue weighted by molar-refractivity contribution is 6.00. The molecular weight excluding hydrogens is 702 g/mol. The zero-order chi connectivity index (χ0) is 39.5. The highest BCUT2D eigenvalue weighted by Gasteiger charge is 2.27. The number of carboxylic acid groups (broad SMARTS) is 4. The average Bonchev–Trinajstić information content (AvgIpc) is 3.05. The molecule has 0 bridgehead atoms. The van der Waals surface area contributed by atoms with Gasteiger partial charge in [-0.05, 0) is 25.3 Å². The maximum atomic E-state index is 12.7. The second kappa shape index (κ2) is 21.4. The normalized spacial score (nSPS) is 12.2. The monoisotopic (exact) mass is 739 g/mol. The fourth-order valence-corrected chi connectivity index (χ4v) is 4.18. The molecule has 0 saturated heterocycles. The van der Waals surface area contributed by atoms with E-state index in [1.165, 1.54) is 0 Å². The van der Waals surface area contributed by atoms with Gasteiger partial charge in [-0.25, -0.2) is 14.4 Å². The average molecular weight is 740 g/mol. The number of nitrogens with zero attached hydrogens (tertiary/aromatic N) is 1. The Balaban J connectivity index is 2.69. The summed E-state index contributed by atoms with van der Waals surface area (Å²) in [5.74, 6) is -11.4. The molecule has 23 heteroatoms. The highest BCUT2D eigenvalue weighted by Crippen LogP contribution is 2.18. The lowest BCUT2D eigenvalue weighted by atomic mass is 10.1. The van der Waals surface area contributed by atoms with Crippen molar-refractivity contribution in [2.24, 2.45) is 5.73 Å². The van der Waals surface area contributed by atoms with Gasteiger partial charge in [-0.3, -0.25) is 43.7 Å². The van der Waals surface area contributed by atoms with Gasteiger partial charge in [0.2, 0.25) is 23.6 Å². The number of non-ortho nitro benzene ring substituents is 1. The summed E-state index contributed by atoms with van der Waals surface area (Å²) in [6.07, 6.45) is -3.29. The van der Waals surface area contributed by atoms with E-state index in [9.17, 15) is 63.2 Å². The van der Waals surface area contributed by atoms with Gasteiger partial charge in [-0.1, -0.05) is 0 Å². The Kier molecular flexibility index (Phi) is 17.8. The van der Waals surface area contributed by atoms with Gasteiger partial charge in [0.25, 0.3) is 17.5 Å². The van der Waals surface area contributed by atoms with Crippen LogP contribution in [0.15, 0.2) is 18.2 Å². The Labute approximate surface area is 292 Å². The van der Waals surface area contributed by atoms with Crippen molar-refractivity contribution >= 4 is 65.0 Å². The lowest BCUT2D eigenvalue weighted by Gasteiger charge is -2.17. The number of carbonyl (C=O) groups is 10.